The summed E-state index contributed by atoms with van der Waals surface area (Å²) in [4.78, 5) is 13.3. The smallest absolute Gasteiger partial charge is 0.245 e. The second kappa shape index (κ2) is 8.00. The number of anilines is 2. The third-order valence-electron chi connectivity index (χ3n) is 3.79. The highest BCUT2D eigenvalue weighted by Gasteiger charge is 2.14. The van der Waals surface area contributed by atoms with Crippen molar-refractivity contribution in [1.29, 1.82) is 0 Å². The zero-order valence-corrected chi connectivity index (χ0v) is 13.6. The van der Waals surface area contributed by atoms with Crippen molar-refractivity contribution in [2.45, 2.75) is 6.42 Å². The quantitative estimate of drug-likeness (QED) is 0.687. The van der Waals surface area contributed by atoms with Gasteiger partial charge in [-0.25, -0.2) is 0 Å². The highest BCUT2D eigenvalue weighted by molar-refractivity contribution is 5.58. The van der Waals surface area contributed by atoms with Crippen LogP contribution < -0.4 is 20.5 Å². The molecule has 0 spiro atoms. The molecule has 1 aromatic rings. The molecule has 1 aromatic heterocycles. The topological polar surface area (TPSA) is 88.8 Å². The molecule has 0 unspecified atom stereocenters. The van der Waals surface area contributed by atoms with Gasteiger partial charge in [-0.2, -0.15) is 9.97 Å². The summed E-state index contributed by atoms with van der Waals surface area (Å²) in [6, 6.07) is 0. The molecular weight excluding hydrogens is 284 g/mol. The first-order chi connectivity index (χ1) is 10.6. The zero-order valence-electron chi connectivity index (χ0n) is 13.6. The van der Waals surface area contributed by atoms with E-state index in [4.69, 9.17) is 15.2 Å². The highest BCUT2D eigenvalue weighted by Crippen LogP contribution is 2.28. The van der Waals surface area contributed by atoms with E-state index in [9.17, 15) is 0 Å². The Balaban J connectivity index is 1.79. The van der Waals surface area contributed by atoms with Gasteiger partial charge in [0.15, 0.2) is 5.69 Å². The predicted molar refractivity (Wildman–Crippen MR) is 86.6 cm³/mol. The molecule has 0 amide bonds. The maximum absolute atomic E-state index is 5.82. The van der Waals surface area contributed by atoms with Crippen LogP contribution in [0.3, 0.4) is 0 Å². The summed E-state index contributed by atoms with van der Waals surface area (Å²) in [6.45, 7) is 6.42. The van der Waals surface area contributed by atoms with Gasteiger partial charge in [-0.15, -0.1) is 0 Å². The van der Waals surface area contributed by atoms with Crippen molar-refractivity contribution < 1.29 is 9.47 Å². The summed E-state index contributed by atoms with van der Waals surface area (Å²) in [5, 5.41) is 3.19. The second-order valence-corrected chi connectivity index (χ2v) is 5.40. The molecule has 3 N–H and O–H groups in total. The van der Waals surface area contributed by atoms with Crippen LogP contribution in [0, 0.1) is 0 Å². The first-order valence-corrected chi connectivity index (χ1v) is 7.54. The van der Waals surface area contributed by atoms with Gasteiger partial charge < -0.3 is 30.3 Å². The molecule has 0 bridgehead atoms. The van der Waals surface area contributed by atoms with Crippen LogP contribution in [0.25, 0.3) is 0 Å². The minimum atomic E-state index is 0.313. The maximum atomic E-state index is 5.82. The third-order valence-corrected chi connectivity index (χ3v) is 3.79. The van der Waals surface area contributed by atoms with Crippen molar-refractivity contribution in [3.63, 3.8) is 0 Å². The molecule has 0 atom stereocenters. The Morgan fingerprint density at radius 2 is 1.68 bits per heavy atom. The molecule has 1 aliphatic rings. The van der Waals surface area contributed by atoms with Gasteiger partial charge in [0.1, 0.15) is 0 Å². The van der Waals surface area contributed by atoms with E-state index in [-0.39, 0.29) is 0 Å². The van der Waals surface area contributed by atoms with Gasteiger partial charge in [-0.3, -0.25) is 0 Å². The molecule has 1 fully saturated rings. The maximum Gasteiger partial charge on any atom is 0.245 e. The molecule has 2 rings (SSSR count). The summed E-state index contributed by atoms with van der Waals surface area (Å²) >= 11 is 0. The van der Waals surface area contributed by atoms with E-state index >= 15 is 0 Å². The summed E-state index contributed by atoms with van der Waals surface area (Å²) in [7, 11) is 5.21. The fraction of sp³-hybridized carbons (Fsp3) is 0.714. The number of hydrogen-bond acceptors (Lipinski definition) is 8. The zero-order chi connectivity index (χ0) is 15.9. The molecule has 8 heteroatoms. The van der Waals surface area contributed by atoms with E-state index in [1.54, 1.807) is 0 Å². The largest absolute Gasteiger partial charge is 0.479 e. The van der Waals surface area contributed by atoms with Crippen molar-refractivity contribution in [3.05, 3.63) is 0 Å². The van der Waals surface area contributed by atoms with Crippen LogP contribution in [0.15, 0.2) is 0 Å². The summed E-state index contributed by atoms with van der Waals surface area (Å²) in [5.41, 5.74) is 6.14. The van der Waals surface area contributed by atoms with Crippen LogP contribution in [0.2, 0.25) is 0 Å². The Morgan fingerprint density at radius 1 is 1.09 bits per heavy atom. The van der Waals surface area contributed by atoms with Crippen molar-refractivity contribution in [2.75, 3.05) is 71.6 Å². The molecule has 1 aliphatic heterocycles. The minimum Gasteiger partial charge on any atom is -0.479 e. The molecular formula is C14H26N6O2. The number of piperazine rings is 1. The molecule has 8 nitrogen and oxygen atoms in total. The number of ether oxygens (including phenoxy) is 2. The van der Waals surface area contributed by atoms with Crippen LogP contribution in [-0.4, -0.2) is 80.3 Å². The van der Waals surface area contributed by atoms with E-state index in [1.807, 2.05) is 0 Å². The lowest BCUT2D eigenvalue weighted by atomic mass is 10.3. The Morgan fingerprint density at radius 3 is 2.23 bits per heavy atom. The number of nitrogens with one attached hydrogen (secondary N) is 1. The van der Waals surface area contributed by atoms with Crippen molar-refractivity contribution in [1.82, 2.24) is 19.8 Å². The molecule has 22 heavy (non-hydrogen) atoms. The van der Waals surface area contributed by atoms with Crippen LogP contribution in [0.1, 0.15) is 6.42 Å². The van der Waals surface area contributed by atoms with Gasteiger partial charge in [-0.1, -0.05) is 0 Å². The molecule has 0 aliphatic carbocycles. The number of nitrogens with zero attached hydrogens (tertiary/aromatic N) is 4. The van der Waals surface area contributed by atoms with Gasteiger partial charge in [0.25, 0.3) is 0 Å². The SMILES string of the molecule is COc1nc(NCCCN2CCN(C)CC2)nc(OC)c1N. The lowest BCUT2D eigenvalue weighted by Crippen LogP contribution is -2.44. The third kappa shape index (κ3) is 4.35. The average Bonchev–Trinajstić information content (AvgIpc) is 2.54. The summed E-state index contributed by atoms with van der Waals surface area (Å²) < 4.78 is 10.3. The molecule has 2 heterocycles. The van der Waals surface area contributed by atoms with Gasteiger partial charge in [0, 0.05) is 32.7 Å². The number of aromatic nitrogens is 2. The minimum absolute atomic E-state index is 0.313. The standard InChI is InChI=1S/C14H26N6O2/c1-19-7-9-20(10-8-19)6-4-5-16-14-17-12(21-2)11(15)13(18-14)22-3/h4-10,15H2,1-3H3,(H,16,17,18). The number of rotatable bonds is 7. The van der Waals surface area contributed by atoms with Crippen molar-refractivity contribution in [3.8, 4) is 11.8 Å². The van der Waals surface area contributed by atoms with Crippen molar-refractivity contribution >= 4 is 11.6 Å². The Labute approximate surface area is 131 Å². The Hall–Kier alpha value is -1.80. The van der Waals surface area contributed by atoms with Gasteiger partial charge in [-0.05, 0) is 20.0 Å². The van der Waals surface area contributed by atoms with Crippen molar-refractivity contribution in [2.24, 2.45) is 0 Å². The highest BCUT2D eigenvalue weighted by atomic mass is 16.5. The van der Waals surface area contributed by atoms with Gasteiger partial charge >= 0.3 is 0 Å². The lowest BCUT2D eigenvalue weighted by molar-refractivity contribution is 0.154. The lowest BCUT2D eigenvalue weighted by Gasteiger charge is -2.32. The molecule has 0 saturated carbocycles. The molecule has 124 valence electrons. The summed E-state index contributed by atoms with van der Waals surface area (Å²) in [5.74, 6) is 1.13. The van der Waals surface area contributed by atoms with Gasteiger partial charge in [0.2, 0.25) is 17.7 Å². The monoisotopic (exact) mass is 310 g/mol. The molecule has 1 saturated heterocycles. The molecule has 0 radical (unpaired) electrons. The van der Waals surface area contributed by atoms with Crippen LogP contribution in [0.5, 0.6) is 11.8 Å². The van der Waals surface area contributed by atoms with E-state index < -0.39 is 0 Å². The van der Waals surface area contributed by atoms with E-state index in [1.165, 1.54) is 14.2 Å². The number of hydrogen-bond donors (Lipinski definition) is 2. The number of nitrogen functional groups attached to an aromatic ring is 1. The van der Waals surface area contributed by atoms with Crippen LogP contribution >= 0.6 is 0 Å². The number of likely N-dealkylation sites (N-methyl/N-ethyl adjacent to an activating group) is 1. The second-order valence-electron chi connectivity index (χ2n) is 5.40. The molecule has 0 aromatic carbocycles. The van der Waals surface area contributed by atoms with E-state index in [2.05, 4.69) is 32.1 Å². The fourth-order valence-electron chi connectivity index (χ4n) is 2.39. The van der Waals surface area contributed by atoms with Gasteiger partial charge in [0.05, 0.1) is 14.2 Å². The Kier molecular flexibility index (Phi) is 6.02. The van der Waals surface area contributed by atoms with Crippen LogP contribution in [0.4, 0.5) is 11.6 Å². The fourth-order valence-corrected chi connectivity index (χ4v) is 2.39. The normalized spacial score (nSPS) is 16.5. The van der Waals surface area contributed by atoms with Crippen LogP contribution in [-0.2, 0) is 0 Å². The average molecular weight is 310 g/mol. The summed E-state index contributed by atoms with van der Waals surface area (Å²) in [6.07, 6.45) is 1.03. The predicted octanol–water partition coefficient (Wildman–Crippen LogP) is 0.125. The number of nitrogens with two attached hydrogens (primary N) is 1. The van der Waals surface area contributed by atoms with E-state index in [0.29, 0.717) is 23.4 Å². The first kappa shape index (κ1) is 16.6. The van der Waals surface area contributed by atoms with E-state index in [0.717, 1.165) is 45.7 Å². The Bertz CT molecular complexity index is 451. The number of methoxy groups -OCH3 is 2. The first-order valence-electron chi connectivity index (χ1n) is 7.54.